The highest BCUT2D eigenvalue weighted by Gasteiger charge is 2.46. The molecule has 168 valence electrons. The number of benzene rings is 1. The number of amides is 1. The molecule has 3 heterocycles. The highest BCUT2D eigenvalue weighted by atomic mass is 16.5. The highest BCUT2D eigenvalue weighted by molar-refractivity contribution is 6.46. The van der Waals surface area contributed by atoms with Crippen LogP contribution < -0.4 is 4.74 Å². The van der Waals surface area contributed by atoms with Gasteiger partial charge in [0.05, 0.1) is 18.2 Å². The molecule has 2 aromatic heterocycles. The number of pyridine rings is 2. The molecule has 3 aromatic rings. The molecule has 1 amide bonds. The van der Waals surface area contributed by atoms with E-state index in [0.717, 1.165) is 5.56 Å². The first kappa shape index (κ1) is 22.2. The Morgan fingerprint density at radius 1 is 1.03 bits per heavy atom. The van der Waals surface area contributed by atoms with Gasteiger partial charge in [0.2, 0.25) is 0 Å². The molecule has 7 nitrogen and oxygen atoms in total. The molecular formula is C26H25N3O4. The number of Topliss-reactive ketones (excluding diaryl/α,β-unsaturated/α-hetero) is 1. The van der Waals surface area contributed by atoms with Gasteiger partial charge in [0.25, 0.3) is 11.7 Å². The zero-order valence-corrected chi connectivity index (χ0v) is 18.5. The van der Waals surface area contributed by atoms with Gasteiger partial charge in [-0.3, -0.25) is 19.6 Å². The molecule has 0 saturated carbocycles. The van der Waals surface area contributed by atoms with E-state index in [9.17, 15) is 14.7 Å². The van der Waals surface area contributed by atoms with Crippen molar-refractivity contribution in [3.63, 3.8) is 0 Å². The molecule has 1 atom stereocenters. The van der Waals surface area contributed by atoms with Crippen LogP contribution in [0.15, 0.2) is 78.9 Å². The summed E-state index contributed by atoms with van der Waals surface area (Å²) >= 11 is 0. The van der Waals surface area contributed by atoms with Crippen LogP contribution in [0.25, 0.3) is 5.76 Å². The quantitative estimate of drug-likeness (QED) is 0.335. The summed E-state index contributed by atoms with van der Waals surface area (Å²) < 4.78 is 5.70. The third kappa shape index (κ3) is 4.77. The van der Waals surface area contributed by atoms with Gasteiger partial charge in [-0.25, -0.2) is 0 Å². The van der Waals surface area contributed by atoms with Crippen LogP contribution in [0.2, 0.25) is 0 Å². The van der Waals surface area contributed by atoms with Gasteiger partial charge in [0.1, 0.15) is 11.5 Å². The van der Waals surface area contributed by atoms with E-state index >= 15 is 0 Å². The Hall–Kier alpha value is -4.00. The van der Waals surface area contributed by atoms with Gasteiger partial charge >= 0.3 is 0 Å². The molecule has 33 heavy (non-hydrogen) atoms. The fourth-order valence-electron chi connectivity index (χ4n) is 3.75. The van der Waals surface area contributed by atoms with E-state index in [4.69, 9.17) is 4.74 Å². The minimum atomic E-state index is -0.745. The molecule has 1 saturated heterocycles. The minimum Gasteiger partial charge on any atom is -0.507 e. The van der Waals surface area contributed by atoms with Crippen molar-refractivity contribution in [2.75, 3.05) is 6.61 Å². The predicted octanol–water partition coefficient (Wildman–Crippen LogP) is 4.13. The maximum atomic E-state index is 13.1. The van der Waals surface area contributed by atoms with E-state index in [1.54, 1.807) is 67.3 Å². The summed E-state index contributed by atoms with van der Waals surface area (Å²) in [5.74, 6) is -0.561. The first-order chi connectivity index (χ1) is 16.0. The molecule has 1 aromatic carbocycles. The SMILES string of the molecule is CC(C)COc1ccc(/C(O)=C2\C(=O)C(=O)N(Cc3cccnc3)C2c2ccncc2)cc1. The monoisotopic (exact) mass is 443 g/mol. The van der Waals surface area contributed by atoms with E-state index in [1.807, 2.05) is 6.07 Å². The molecule has 1 fully saturated rings. The molecule has 1 N–H and O–H groups in total. The summed E-state index contributed by atoms with van der Waals surface area (Å²) in [5.41, 5.74) is 1.95. The van der Waals surface area contributed by atoms with Crippen molar-refractivity contribution in [2.45, 2.75) is 26.4 Å². The van der Waals surface area contributed by atoms with Crippen LogP contribution in [-0.2, 0) is 16.1 Å². The number of aromatic nitrogens is 2. The molecule has 1 aliphatic heterocycles. The Labute approximate surface area is 192 Å². The van der Waals surface area contributed by atoms with Crippen LogP contribution in [-0.4, -0.2) is 38.3 Å². The molecule has 0 bridgehead atoms. The van der Waals surface area contributed by atoms with Gasteiger partial charge < -0.3 is 14.7 Å². The van der Waals surface area contributed by atoms with Crippen LogP contribution in [0, 0.1) is 5.92 Å². The van der Waals surface area contributed by atoms with E-state index in [-0.39, 0.29) is 17.9 Å². The van der Waals surface area contributed by atoms with Crippen LogP contribution in [0.3, 0.4) is 0 Å². The number of carbonyl (C=O) groups is 2. The van der Waals surface area contributed by atoms with Crippen LogP contribution in [0.4, 0.5) is 0 Å². The van der Waals surface area contributed by atoms with Gasteiger partial charge in [-0.2, -0.15) is 0 Å². The minimum absolute atomic E-state index is 0.0472. The summed E-state index contributed by atoms with van der Waals surface area (Å²) in [6.07, 6.45) is 6.49. The first-order valence-electron chi connectivity index (χ1n) is 10.8. The number of aliphatic hydroxyl groups is 1. The second-order valence-electron chi connectivity index (χ2n) is 8.30. The smallest absolute Gasteiger partial charge is 0.295 e. The van der Waals surface area contributed by atoms with E-state index in [2.05, 4.69) is 23.8 Å². The van der Waals surface area contributed by atoms with Gasteiger partial charge in [-0.05, 0) is 59.5 Å². The number of hydrogen-bond donors (Lipinski definition) is 1. The molecule has 0 radical (unpaired) electrons. The summed E-state index contributed by atoms with van der Waals surface area (Å²) in [4.78, 5) is 35.7. The van der Waals surface area contributed by atoms with Gasteiger partial charge in [0.15, 0.2) is 0 Å². The lowest BCUT2D eigenvalue weighted by Crippen LogP contribution is -2.29. The highest BCUT2D eigenvalue weighted by Crippen LogP contribution is 2.40. The Morgan fingerprint density at radius 3 is 2.39 bits per heavy atom. The molecule has 4 rings (SSSR count). The van der Waals surface area contributed by atoms with Gasteiger partial charge in [0, 0.05) is 36.9 Å². The summed E-state index contributed by atoms with van der Waals surface area (Å²) in [6, 6.07) is 13.2. The van der Waals surface area contributed by atoms with Crippen LogP contribution in [0.5, 0.6) is 5.75 Å². The van der Waals surface area contributed by atoms with Crippen molar-refractivity contribution in [3.05, 3.63) is 95.6 Å². The zero-order valence-electron chi connectivity index (χ0n) is 18.5. The molecule has 7 heteroatoms. The summed E-state index contributed by atoms with van der Waals surface area (Å²) in [6.45, 7) is 4.88. The number of rotatable bonds is 7. The number of nitrogens with zero attached hydrogens (tertiary/aromatic N) is 3. The van der Waals surface area contributed by atoms with E-state index < -0.39 is 17.7 Å². The largest absolute Gasteiger partial charge is 0.507 e. The molecule has 0 spiro atoms. The standard InChI is InChI=1S/C26H25N3O4/c1-17(2)16-33-21-7-5-20(6-8-21)24(30)22-23(19-9-12-27-13-10-19)29(26(32)25(22)31)15-18-4-3-11-28-14-18/h3-14,17,23,30H,15-16H2,1-2H3/b24-22+. The second kappa shape index (κ2) is 9.65. The van der Waals surface area contributed by atoms with Gasteiger partial charge in [-0.15, -0.1) is 0 Å². The van der Waals surface area contributed by atoms with Crippen LogP contribution in [0.1, 0.15) is 36.6 Å². The van der Waals surface area contributed by atoms with Crippen LogP contribution >= 0.6 is 0 Å². The molecule has 0 aliphatic carbocycles. The fourth-order valence-corrected chi connectivity index (χ4v) is 3.75. The van der Waals surface area contributed by atoms with E-state index in [0.29, 0.717) is 29.4 Å². The van der Waals surface area contributed by atoms with Crippen molar-refractivity contribution in [1.29, 1.82) is 0 Å². The topological polar surface area (TPSA) is 92.6 Å². The normalized spacial score (nSPS) is 17.5. The third-order valence-electron chi connectivity index (χ3n) is 5.35. The number of ketones is 1. The number of hydrogen-bond acceptors (Lipinski definition) is 6. The Morgan fingerprint density at radius 2 is 1.76 bits per heavy atom. The zero-order chi connectivity index (χ0) is 23.4. The molecule has 1 unspecified atom stereocenters. The molecular weight excluding hydrogens is 418 g/mol. The third-order valence-corrected chi connectivity index (χ3v) is 5.35. The molecule has 1 aliphatic rings. The lowest BCUT2D eigenvalue weighted by atomic mass is 9.96. The van der Waals surface area contributed by atoms with Crippen molar-refractivity contribution in [1.82, 2.24) is 14.9 Å². The number of carbonyl (C=O) groups excluding carboxylic acids is 2. The Bertz CT molecular complexity index is 1160. The summed E-state index contributed by atoms with van der Waals surface area (Å²) in [7, 11) is 0. The van der Waals surface area contributed by atoms with Crippen molar-refractivity contribution < 1.29 is 19.4 Å². The maximum absolute atomic E-state index is 13.1. The van der Waals surface area contributed by atoms with Crippen molar-refractivity contribution in [2.24, 2.45) is 5.92 Å². The van der Waals surface area contributed by atoms with Gasteiger partial charge in [-0.1, -0.05) is 19.9 Å². The number of aliphatic hydroxyl groups excluding tert-OH is 1. The summed E-state index contributed by atoms with van der Waals surface area (Å²) in [5, 5.41) is 11.1. The average molecular weight is 444 g/mol. The lowest BCUT2D eigenvalue weighted by Gasteiger charge is -2.25. The number of likely N-dealkylation sites (tertiary alicyclic amines) is 1. The first-order valence-corrected chi connectivity index (χ1v) is 10.8. The Balaban J connectivity index is 1.74. The fraction of sp³-hybridized carbons (Fsp3) is 0.231. The van der Waals surface area contributed by atoms with Crippen molar-refractivity contribution >= 4 is 17.4 Å². The number of ether oxygens (including phenoxy) is 1. The lowest BCUT2D eigenvalue weighted by molar-refractivity contribution is -0.140. The maximum Gasteiger partial charge on any atom is 0.295 e. The van der Waals surface area contributed by atoms with E-state index in [1.165, 1.54) is 4.90 Å². The second-order valence-corrected chi connectivity index (χ2v) is 8.30. The predicted molar refractivity (Wildman–Crippen MR) is 123 cm³/mol. The van der Waals surface area contributed by atoms with Crippen molar-refractivity contribution in [3.8, 4) is 5.75 Å². The average Bonchev–Trinajstić information content (AvgIpc) is 3.09. The Kier molecular flexibility index (Phi) is 6.49.